The summed E-state index contributed by atoms with van der Waals surface area (Å²) in [7, 11) is 0. The lowest BCUT2D eigenvalue weighted by Crippen LogP contribution is -2.25. The summed E-state index contributed by atoms with van der Waals surface area (Å²) in [4.78, 5) is 26.9. The van der Waals surface area contributed by atoms with Crippen LogP contribution in [0.4, 0.5) is 0 Å². The topological polar surface area (TPSA) is 121 Å². The SMILES string of the molecule is O=C(NC1CC1)c1ccc(CC2CCN(Cc3nnc(-c4cccnc4)o3)C2)cc1.O=CO. The Morgan fingerprint density at radius 2 is 1.97 bits per heavy atom. The third-order valence-electron chi connectivity index (χ3n) is 5.76. The summed E-state index contributed by atoms with van der Waals surface area (Å²) in [6.45, 7) is 2.45. The van der Waals surface area contributed by atoms with Crippen LogP contribution in [0.5, 0.6) is 0 Å². The van der Waals surface area contributed by atoms with Crippen LogP contribution in [-0.2, 0) is 17.8 Å². The Morgan fingerprint density at radius 3 is 2.67 bits per heavy atom. The molecule has 1 saturated carbocycles. The third kappa shape index (κ3) is 6.45. The van der Waals surface area contributed by atoms with E-state index in [1.165, 1.54) is 5.56 Å². The molecule has 1 unspecified atom stereocenters. The molecule has 1 aliphatic heterocycles. The molecule has 0 radical (unpaired) electrons. The van der Waals surface area contributed by atoms with Gasteiger partial charge in [0, 0.05) is 30.5 Å². The van der Waals surface area contributed by atoms with E-state index in [1.807, 2.05) is 24.3 Å². The molecule has 2 N–H and O–H groups in total. The van der Waals surface area contributed by atoms with Crippen molar-refractivity contribution in [2.24, 2.45) is 5.92 Å². The predicted octanol–water partition coefficient (Wildman–Crippen LogP) is 2.79. The summed E-state index contributed by atoms with van der Waals surface area (Å²) in [6, 6.07) is 12.2. The Balaban J connectivity index is 0.000000821. The predicted molar refractivity (Wildman–Crippen MR) is 120 cm³/mol. The maximum absolute atomic E-state index is 12.1. The molecule has 2 aromatic heterocycles. The maximum atomic E-state index is 12.1. The fraction of sp³-hybridized carbons (Fsp3) is 0.375. The molecule has 172 valence electrons. The molecule has 1 aliphatic carbocycles. The largest absolute Gasteiger partial charge is 0.483 e. The highest BCUT2D eigenvalue weighted by molar-refractivity contribution is 5.94. The number of pyridine rings is 1. The molecular formula is C24H27N5O4. The van der Waals surface area contributed by atoms with Crippen LogP contribution in [0.2, 0.25) is 0 Å². The Labute approximate surface area is 191 Å². The van der Waals surface area contributed by atoms with Crippen molar-refractivity contribution in [1.82, 2.24) is 25.4 Å². The van der Waals surface area contributed by atoms with Gasteiger partial charge in [0.15, 0.2) is 0 Å². The van der Waals surface area contributed by atoms with Crippen molar-refractivity contribution in [2.45, 2.75) is 38.3 Å². The van der Waals surface area contributed by atoms with Gasteiger partial charge < -0.3 is 14.8 Å². The number of rotatable bonds is 7. The Morgan fingerprint density at radius 1 is 1.18 bits per heavy atom. The van der Waals surface area contributed by atoms with Crippen LogP contribution in [-0.4, -0.2) is 56.7 Å². The molecule has 0 bridgehead atoms. The standard InChI is InChI=1S/C23H25N5O2.CH2O2/c29-22(25-20-7-8-20)18-5-3-16(4-6-18)12-17-9-11-28(14-17)15-21-26-27-23(30-21)19-2-1-10-24-13-19;2-1-3/h1-6,10,13,17,20H,7-9,11-12,14-15H2,(H,25,29);1H,(H,2,3). The number of likely N-dealkylation sites (tertiary alicyclic amines) is 1. The molecular weight excluding hydrogens is 422 g/mol. The number of carbonyl (C=O) groups is 2. The van der Waals surface area contributed by atoms with E-state index in [0.717, 1.165) is 49.9 Å². The van der Waals surface area contributed by atoms with Gasteiger partial charge in [0.1, 0.15) is 0 Å². The lowest BCUT2D eigenvalue weighted by atomic mass is 9.98. The van der Waals surface area contributed by atoms with E-state index >= 15 is 0 Å². The normalized spacial score (nSPS) is 17.8. The van der Waals surface area contributed by atoms with E-state index in [1.54, 1.807) is 12.4 Å². The second-order valence-electron chi connectivity index (χ2n) is 8.39. The summed E-state index contributed by atoms with van der Waals surface area (Å²) < 4.78 is 5.81. The van der Waals surface area contributed by atoms with E-state index < -0.39 is 0 Å². The lowest BCUT2D eigenvalue weighted by Gasteiger charge is -2.14. The highest BCUT2D eigenvalue weighted by Crippen LogP contribution is 2.24. The Bertz CT molecular complexity index is 1050. The van der Waals surface area contributed by atoms with Gasteiger partial charge in [0.25, 0.3) is 12.4 Å². The summed E-state index contributed by atoms with van der Waals surface area (Å²) in [5, 5.41) is 18.3. The van der Waals surface area contributed by atoms with Gasteiger partial charge in [-0.25, -0.2) is 0 Å². The van der Waals surface area contributed by atoms with E-state index in [4.69, 9.17) is 14.3 Å². The molecule has 1 saturated heterocycles. The van der Waals surface area contributed by atoms with Crippen molar-refractivity contribution < 1.29 is 19.1 Å². The van der Waals surface area contributed by atoms with Crippen molar-refractivity contribution in [3.8, 4) is 11.5 Å². The third-order valence-corrected chi connectivity index (χ3v) is 5.76. The van der Waals surface area contributed by atoms with Crippen LogP contribution in [0.15, 0.2) is 53.2 Å². The minimum atomic E-state index is -0.250. The van der Waals surface area contributed by atoms with Gasteiger partial charge in [-0.05, 0) is 68.0 Å². The second kappa shape index (κ2) is 10.8. The zero-order valence-electron chi connectivity index (χ0n) is 18.3. The number of amides is 1. The first-order chi connectivity index (χ1) is 16.1. The van der Waals surface area contributed by atoms with Crippen molar-refractivity contribution >= 4 is 12.4 Å². The zero-order chi connectivity index (χ0) is 23.0. The molecule has 2 fully saturated rings. The number of carboxylic acid groups (broad SMARTS) is 1. The Kier molecular flexibility index (Phi) is 7.41. The van der Waals surface area contributed by atoms with Crippen LogP contribution < -0.4 is 5.32 Å². The summed E-state index contributed by atoms with van der Waals surface area (Å²) in [6.07, 6.45) is 7.83. The van der Waals surface area contributed by atoms with Crippen molar-refractivity contribution in [2.75, 3.05) is 13.1 Å². The number of nitrogens with one attached hydrogen (secondary N) is 1. The van der Waals surface area contributed by atoms with Crippen LogP contribution >= 0.6 is 0 Å². The van der Waals surface area contributed by atoms with Crippen LogP contribution in [0.1, 0.15) is 41.1 Å². The first-order valence-electron chi connectivity index (χ1n) is 11.1. The van der Waals surface area contributed by atoms with Gasteiger partial charge in [-0.2, -0.15) is 0 Å². The van der Waals surface area contributed by atoms with Gasteiger partial charge in [-0.3, -0.25) is 19.5 Å². The summed E-state index contributed by atoms with van der Waals surface area (Å²) >= 11 is 0. The van der Waals surface area contributed by atoms with Gasteiger partial charge in [-0.15, -0.1) is 10.2 Å². The molecule has 1 atom stereocenters. The van der Waals surface area contributed by atoms with Crippen molar-refractivity contribution in [3.05, 3.63) is 65.8 Å². The molecule has 1 aromatic carbocycles. The number of aromatic nitrogens is 3. The Hall–Kier alpha value is -3.59. The lowest BCUT2D eigenvalue weighted by molar-refractivity contribution is -0.122. The van der Waals surface area contributed by atoms with Gasteiger partial charge in [0.2, 0.25) is 11.8 Å². The molecule has 33 heavy (non-hydrogen) atoms. The van der Waals surface area contributed by atoms with Crippen LogP contribution in [0, 0.1) is 5.92 Å². The van der Waals surface area contributed by atoms with Gasteiger partial charge >= 0.3 is 0 Å². The van der Waals surface area contributed by atoms with Crippen LogP contribution in [0.3, 0.4) is 0 Å². The summed E-state index contributed by atoms with van der Waals surface area (Å²) in [5.74, 6) is 1.79. The molecule has 2 aliphatic rings. The number of hydrogen-bond acceptors (Lipinski definition) is 7. The summed E-state index contributed by atoms with van der Waals surface area (Å²) in [5.41, 5.74) is 2.87. The highest BCUT2D eigenvalue weighted by atomic mass is 16.4. The molecule has 0 spiro atoms. The molecule has 1 amide bonds. The maximum Gasteiger partial charge on any atom is 0.290 e. The molecule has 9 heteroatoms. The molecule has 9 nitrogen and oxygen atoms in total. The average Bonchev–Trinajstić information content (AvgIpc) is 3.34. The smallest absolute Gasteiger partial charge is 0.290 e. The number of benzene rings is 1. The number of nitrogens with zero attached hydrogens (tertiary/aromatic N) is 4. The van der Waals surface area contributed by atoms with E-state index in [2.05, 4.69) is 37.5 Å². The first-order valence-corrected chi connectivity index (χ1v) is 11.1. The quantitative estimate of drug-likeness (QED) is 0.528. The van der Waals surface area contributed by atoms with E-state index in [0.29, 0.717) is 30.3 Å². The van der Waals surface area contributed by atoms with Crippen LogP contribution in [0.25, 0.3) is 11.5 Å². The molecule has 3 aromatic rings. The number of carbonyl (C=O) groups excluding carboxylic acids is 1. The fourth-order valence-electron chi connectivity index (χ4n) is 3.96. The zero-order valence-corrected chi connectivity index (χ0v) is 18.3. The first kappa shape index (κ1) is 22.6. The van der Waals surface area contributed by atoms with Gasteiger partial charge in [-0.1, -0.05) is 12.1 Å². The number of hydrogen-bond donors (Lipinski definition) is 2. The minimum Gasteiger partial charge on any atom is -0.483 e. The van der Waals surface area contributed by atoms with E-state index in [-0.39, 0.29) is 12.4 Å². The molecule has 3 heterocycles. The second-order valence-corrected chi connectivity index (χ2v) is 8.39. The monoisotopic (exact) mass is 449 g/mol. The average molecular weight is 450 g/mol. The van der Waals surface area contributed by atoms with E-state index in [9.17, 15) is 4.79 Å². The van der Waals surface area contributed by atoms with Crippen molar-refractivity contribution in [1.29, 1.82) is 0 Å². The minimum absolute atomic E-state index is 0.0429. The molecule has 5 rings (SSSR count). The van der Waals surface area contributed by atoms with Crippen molar-refractivity contribution in [3.63, 3.8) is 0 Å². The highest BCUT2D eigenvalue weighted by Gasteiger charge is 2.25. The van der Waals surface area contributed by atoms with Gasteiger partial charge in [0.05, 0.1) is 12.1 Å². The fourth-order valence-corrected chi connectivity index (χ4v) is 3.96.